The summed E-state index contributed by atoms with van der Waals surface area (Å²) in [6.45, 7) is 2.61. The van der Waals surface area contributed by atoms with Gasteiger partial charge in [-0.3, -0.25) is 9.89 Å². The van der Waals surface area contributed by atoms with E-state index in [-0.39, 0.29) is 0 Å². The highest BCUT2D eigenvalue weighted by Gasteiger charge is 2.28. The number of hydrogen-bond acceptors (Lipinski definition) is 2. The summed E-state index contributed by atoms with van der Waals surface area (Å²) in [6.07, 6.45) is 13.9. The van der Waals surface area contributed by atoms with Crippen molar-refractivity contribution in [3.63, 3.8) is 0 Å². The number of likely N-dealkylation sites (tertiary alicyclic amines) is 1. The van der Waals surface area contributed by atoms with Gasteiger partial charge in [0.25, 0.3) is 0 Å². The van der Waals surface area contributed by atoms with Gasteiger partial charge in [0.05, 0.1) is 6.04 Å². The summed E-state index contributed by atoms with van der Waals surface area (Å²) in [7, 11) is 0. The summed E-state index contributed by atoms with van der Waals surface area (Å²) >= 11 is 0. The molecule has 0 aromatic carbocycles. The Kier molecular flexibility index (Phi) is 2.45. The highest BCUT2D eigenvalue weighted by Crippen LogP contribution is 2.29. The largest absolute Gasteiger partial charge is 0.300 e. The van der Waals surface area contributed by atoms with Crippen LogP contribution < -0.4 is 0 Å². The first-order valence-corrected chi connectivity index (χ1v) is 6.07. The van der Waals surface area contributed by atoms with Gasteiger partial charge >= 0.3 is 0 Å². The van der Waals surface area contributed by atoms with E-state index in [1.54, 1.807) is 0 Å². The van der Waals surface area contributed by atoms with Gasteiger partial charge < -0.3 is 0 Å². The third-order valence-electron chi connectivity index (χ3n) is 3.80. The van der Waals surface area contributed by atoms with Crippen molar-refractivity contribution in [3.05, 3.63) is 23.8 Å². The fraction of sp³-hybridized carbons (Fsp3) is 0.615. The lowest BCUT2D eigenvalue weighted by atomic mass is 9.89. The summed E-state index contributed by atoms with van der Waals surface area (Å²) < 4.78 is 0. The average Bonchev–Trinajstić information content (AvgIpc) is 2.82. The first-order chi connectivity index (χ1) is 7.43. The number of fused-ring (bicyclic) bond motifs is 1. The van der Waals surface area contributed by atoms with Gasteiger partial charge in [-0.05, 0) is 50.4 Å². The Morgan fingerprint density at radius 2 is 2.13 bits per heavy atom. The lowest BCUT2D eigenvalue weighted by molar-refractivity contribution is 0.220. The summed E-state index contributed by atoms with van der Waals surface area (Å²) in [5.41, 5.74) is 1.44. The van der Waals surface area contributed by atoms with Gasteiger partial charge in [-0.25, -0.2) is 0 Å². The van der Waals surface area contributed by atoms with Crippen molar-refractivity contribution in [1.82, 2.24) is 4.90 Å². The van der Waals surface area contributed by atoms with Crippen LogP contribution in [0.2, 0.25) is 0 Å². The van der Waals surface area contributed by atoms with E-state index in [2.05, 4.69) is 28.1 Å². The average molecular weight is 202 g/mol. The fourth-order valence-electron chi connectivity index (χ4n) is 2.94. The van der Waals surface area contributed by atoms with Crippen LogP contribution >= 0.6 is 0 Å². The van der Waals surface area contributed by atoms with E-state index in [0.29, 0.717) is 6.04 Å². The van der Waals surface area contributed by atoms with E-state index < -0.39 is 0 Å². The Labute approximate surface area is 91.4 Å². The van der Waals surface area contributed by atoms with E-state index in [1.807, 2.05) is 6.21 Å². The smallest absolute Gasteiger partial charge is 0.0760 e. The van der Waals surface area contributed by atoms with E-state index in [0.717, 1.165) is 6.04 Å². The number of dihydropyridines is 1. The van der Waals surface area contributed by atoms with Crippen LogP contribution in [-0.4, -0.2) is 36.3 Å². The lowest BCUT2D eigenvalue weighted by Gasteiger charge is -2.33. The SMILES string of the molecule is C1=CC2=CCC(N3CCCC3)CC2N=C1. The second-order valence-corrected chi connectivity index (χ2v) is 4.75. The third-order valence-corrected chi connectivity index (χ3v) is 3.80. The van der Waals surface area contributed by atoms with Gasteiger partial charge in [0.15, 0.2) is 0 Å². The maximum atomic E-state index is 4.57. The molecule has 0 N–H and O–H groups in total. The van der Waals surface area contributed by atoms with Crippen LogP contribution in [-0.2, 0) is 0 Å². The molecule has 1 fully saturated rings. The Morgan fingerprint density at radius 1 is 1.27 bits per heavy atom. The van der Waals surface area contributed by atoms with Crippen LogP contribution in [0, 0.1) is 0 Å². The Bertz CT molecular complexity index is 321. The third kappa shape index (κ3) is 1.78. The van der Waals surface area contributed by atoms with E-state index in [1.165, 1.54) is 44.3 Å². The van der Waals surface area contributed by atoms with Gasteiger partial charge in [0, 0.05) is 12.3 Å². The van der Waals surface area contributed by atoms with Crippen molar-refractivity contribution < 1.29 is 0 Å². The highest BCUT2D eigenvalue weighted by molar-refractivity contribution is 5.74. The number of rotatable bonds is 1. The molecule has 2 nitrogen and oxygen atoms in total. The molecule has 0 bridgehead atoms. The molecular weight excluding hydrogens is 184 g/mol. The van der Waals surface area contributed by atoms with Crippen molar-refractivity contribution in [3.8, 4) is 0 Å². The Hall–Kier alpha value is -0.890. The quantitative estimate of drug-likeness (QED) is 0.636. The number of aliphatic imine (C=N–C) groups is 1. The molecule has 1 saturated heterocycles. The normalized spacial score (nSPS) is 35.3. The molecule has 2 heteroatoms. The van der Waals surface area contributed by atoms with Gasteiger partial charge in [0.1, 0.15) is 0 Å². The van der Waals surface area contributed by atoms with Gasteiger partial charge in [-0.1, -0.05) is 12.2 Å². The zero-order chi connectivity index (χ0) is 10.1. The number of hydrogen-bond donors (Lipinski definition) is 0. The summed E-state index contributed by atoms with van der Waals surface area (Å²) in [6, 6.07) is 1.21. The topological polar surface area (TPSA) is 15.6 Å². The molecule has 2 unspecified atom stereocenters. The van der Waals surface area contributed by atoms with Crippen LogP contribution in [0.5, 0.6) is 0 Å². The molecule has 0 radical (unpaired) electrons. The molecule has 2 aliphatic heterocycles. The number of allylic oxidation sites excluding steroid dienone is 1. The molecule has 2 heterocycles. The van der Waals surface area contributed by atoms with Crippen LogP contribution in [0.1, 0.15) is 25.7 Å². The summed E-state index contributed by atoms with van der Waals surface area (Å²) in [4.78, 5) is 7.22. The molecule has 0 amide bonds. The minimum absolute atomic E-state index is 0.453. The molecule has 0 aromatic heterocycles. The summed E-state index contributed by atoms with van der Waals surface area (Å²) in [5, 5.41) is 0. The predicted molar refractivity (Wildman–Crippen MR) is 63.3 cm³/mol. The molecule has 80 valence electrons. The van der Waals surface area contributed by atoms with Crippen molar-refractivity contribution in [2.45, 2.75) is 37.8 Å². The fourth-order valence-corrected chi connectivity index (χ4v) is 2.94. The first kappa shape index (κ1) is 9.34. The minimum atomic E-state index is 0.453. The van der Waals surface area contributed by atoms with Crippen molar-refractivity contribution in [1.29, 1.82) is 0 Å². The first-order valence-electron chi connectivity index (χ1n) is 6.07. The molecular formula is C13H18N2. The van der Waals surface area contributed by atoms with Crippen LogP contribution in [0.3, 0.4) is 0 Å². The Morgan fingerprint density at radius 3 is 3.00 bits per heavy atom. The zero-order valence-corrected chi connectivity index (χ0v) is 9.10. The highest BCUT2D eigenvalue weighted by atomic mass is 15.2. The molecule has 3 aliphatic rings. The molecule has 3 rings (SSSR count). The number of nitrogens with zero attached hydrogens (tertiary/aromatic N) is 2. The van der Waals surface area contributed by atoms with Gasteiger partial charge in [0.2, 0.25) is 0 Å². The van der Waals surface area contributed by atoms with Gasteiger partial charge in [-0.2, -0.15) is 0 Å². The van der Waals surface area contributed by atoms with Crippen molar-refractivity contribution in [2.24, 2.45) is 4.99 Å². The van der Waals surface area contributed by atoms with E-state index in [4.69, 9.17) is 0 Å². The lowest BCUT2D eigenvalue weighted by Crippen LogP contribution is -2.37. The van der Waals surface area contributed by atoms with E-state index >= 15 is 0 Å². The molecule has 1 aliphatic carbocycles. The maximum absolute atomic E-state index is 4.57. The predicted octanol–water partition coefficient (Wildman–Crippen LogP) is 2.18. The molecule has 0 spiro atoms. The molecule has 2 atom stereocenters. The molecule has 0 aromatic rings. The van der Waals surface area contributed by atoms with Crippen LogP contribution in [0.15, 0.2) is 28.8 Å². The molecule has 15 heavy (non-hydrogen) atoms. The standard InChI is InChI=1S/C13H18N2/c1-2-9-15(8-1)12-6-5-11-4-3-7-14-13(11)10-12/h3-5,7,12-13H,1-2,6,8-10H2. The monoisotopic (exact) mass is 202 g/mol. The van der Waals surface area contributed by atoms with Gasteiger partial charge in [-0.15, -0.1) is 0 Å². The van der Waals surface area contributed by atoms with Crippen LogP contribution in [0.25, 0.3) is 0 Å². The van der Waals surface area contributed by atoms with Crippen molar-refractivity contribution >= 4 is 6.21 Å². The summed E-state index contributed by atoms with van der Waals surface area (Å²) in [5.74, 6) is 0. The second-order valence-electron chi connectivity index (χ2n) is 4.75. The van der Waals surface area contributed by atoms with Crippen LogP contribution in [0.4, 0.5) is 0 Å². The molecule has 0 saturated carbocycles. The Balaban J connectivity index is 1.73. The maximum Gasteiger partial charge on any atom is 0.0760 e. The zero-order valence-electron chi connectivity index (χ0n) is 9.10. The minimum Gasteiger partial charge on any atom is -0.300 e. The van der Waals surface area contributed by atoms with Crippen molar-refractivity contribution in [2.75, 3.05) is 13.1 Å². The van der Waals surface area contributed by atoms with E-state index in [9.17, 15) is 0 Å². The second kappa shape index (κ2) is 3.93.